The second kappa shape index (κ2) is 1.81. The molecule has 3 heteroatoms. The molecule has 0 aromatic rings. The molecule has 1 rings (SSSR count). The molecule has 0 aliphatic carbocycles. The van der Waals surface area contributed by atoms with Crippen LogP contribution in [0.2, 0.25) is 0 Å². The van der Waals surface area contributed by atoms with Crippen molar-refractivity contribution in [1.82, 2.24) is 0 Å². The number of ketones is 1. The van der Waals surface area contributed by atoms with Crippen molar-refractivity contribution in [2.24, 2.45) is 5.92 Å². The smallest absolute Gasteiger partial charge is 0.314 e. The second-order valence-electron chi connectivity index (χ2n) is 2.81. The molecule has 0 spiro atoms. The zero-order valence-corrected chi connectivity index (χ0v) is 6.30. The van der Waals surface area contributed by atoms with Gasteiger partial charge < -0.3 is 4.74 Å². The van der Waals surface area contributed by atoms with Crippen molar-refractivity contribution >= 4 is 11.8 Å². The summed E-state index contributed by atoms with van der Waals surface area (Å²) in [5, 5.41) is 0. The number of carbonyl (C=O) groups excluding carboxylic acids is 2. The van der Waals surface area contributed by atoms with Crippen LogP contribution in [0.5, 0.6) is 0 Å². The summed E-state index contributed by atoms with van der Waals surface area (Å²) < 4.78 is 4.71. The number of cyclic esters (lactones) is 1. The molecule has 1 aliphatic heterocycles. The molecular formula is C7H10O3. The molecule has 0 radical (unpaired) electrons. The molecule has 0 saturated carbocycles. The first kappa shape index (κ1) is 7.25. The maximum Gasteiger partial charge on any atom is 0.314 e. The molecular weight excluding hydrogens is 132 g/mol. The van der Waals surface area contributed by atoms with Crippen LogP contribution in [-0.2, 0) is 14.3 Å². The summed E-state index contributed by atoms with van der Waals surface area (Å²) in [5.74, 6) is -0.637. The van der Waals surface area contributed by atoms with Crippen molar-refractivity contribution in [3.05, 3.63) is 0 Å². The Morgan fingerprint density at radius 3 is 2.30 bits per heavy atom. The minimum atomic E-state index is -0.836. The van der Waals surface area contributed by atoms with Gasteiger partial charge in [-0.3, -0.25) is 9.59 Å². The third-order valence-corrected chi connectivity index (χ3v) is 2.19. The van der Waals surface area contributed by atoms with Crippen LogP contribution in [0.1, 0.15) is 20.8 Å². The molecule has 0 bridgehead atoms. The van der Waals surface area contributed by atoms with E-state index in [1.54, 1.807) is 13.8 Å². The van der Waals surface area contributed by atoms with Crippen LogP contribution in [0.25, 0.3) is 0 Å². The van der Waals surface area contributed by atoms with E-state index in [0.29, 0.717) is 0 Å². The van der Waals surface area contributed by atoms with E-state index < -0.39 is 5.60 Å². The first-order chi connectivity index (χ1) is 4.48. The van der Waals surface area contributed by atoms with Crippen molar-refractivity contribution < 1.29 is 14.3 Å². The van der Waals surface area contributed by atoms with Crippen LogP contribution in [0.15, 0.2) is 0 Å². The Balaban J connectivity index is 2.76. The molecule has 0 aromatic heterocycles. The van der Waals surface area contributed by atoms with Gasteiger partial charge >= 0.3 is 5.97 Å². The topological polar surface area (TPSA) is 43.4 Å². The lowest BCUT2D eigenvalue weighted by Gasteiger charge is -2.40. The van der Waals surface area contributed by atoms with E-state index in [2.05, 4.69) is 0 Å². The van der Waals surface area contributed by atoms with Crippen LogP contribution in [0.3, 0.4) is 0 Å². The SMILES string of the molecule is CC(=O)C1(C)OC(=O)C1C. The van der Waals surface area contributed by atoms with Crippen molar-refractivity contribution in [3.63, 3.8) is 0 Å². The van der Waals surface area contributed by atoms with Crippen molar-refractivity contribution in [2.45, 2.75) is 26.4 Å². The summed E-state index contributed by atoms with van der Waals surface area (Å²) in [4.78, 5) is 21.4. The Kier molecular flexibility index (Phi) is 1.31. The molecule has 0 amide bonds. The molecule has 10 heavy (non-hydrogen) atoms. The summed E-state index contributed by atoms with van der Waals surface area (Å²) >= 11 is 0. The van der Waals surface area contributed by atoms with Gasteiger partial charge in [-0.25, -0.2) is 0 Å². The van der Waals surface area contributed by atoms with Gasteiger partial charge in [-0.1, -0.05) is 0 Å². The van der Waals surface area contributed by atoms with Gasteiger partial charge in [-0.2, -0.15) is 0 Å². The first-order valence-electron chi connectivity index (χ1n) is 3.22. The standard InChI is InChI=1S/C7H10O3/c1-4-6(9)10-7(4,3)5(2)8/h4H,1-3H3. The molecule has 1 heterocycles. The molecule has 1 aliphatic rings. The number of esters is 1. The zero-order valence-electron chi connectivity index (χ0n) is 6.30. The van der Waals surface area contributed by atoms with Crippen LogP contribution in [0, 0.1) is 5.92 Å². The summed E-state index contributed by atoms with van der Waals surface area (Å²) in [6.07, 6.45) is 0. The minimum Gasteiger partial charge on any atom is -0.450 e. The number of rotatable bonds is 1. The molecule has 0 aromatic carbocycles. The average Bonchev–Trinajstić information content (AvgIpc) is 1.87. The van der Waals surface area contributed by atoms with E-state index in [1.165, 1.54) is 6.92 Å². The molecule has 56 valence electrons. The molecule has 2 atom stereocenters. The predicted octanol–water partition coefficient (Wildman–Crippen LogP) is 0.527. The molecule has 1 saturated heterocycles. The Morgan fingerprint density at radius 2 is 2.20 bits per heavy atom. The molecule has 3 nitrogen and oxygen atoms in total. The maximum atomic E-state index is 10.8. The van der Waals surface area contributed by atoms with E-state index >= 15 is 0 Å². The van der Waals surface area contributed by atoms with Gasteiger partial charge in [0.1, 0.15) is 5.92 Å². The Bertz CT molecular complexity index is 197. The van der Waals surface area contributed by atoms with E-state index in [9.17, 15) is 9.59 Å². The predicted molar refractivity (Wildman–Crippen MR) is 34.3 cm³/mol. The van der Waals surface area contributed by atoms with Gasteiger partial charge in [-0.05, 0) is 20.8 Å². The maximum absolute atomic E-state index is 10.8. The number of hydrogen-bond donors (Lipinski definition) is 0. The first-order valence-corrected chi connectivity index (χ1v) is 3.22. The van der Waals surface area contributed by atoms with E-state index in [4.69, 9.17) is 4.74 Å². The van der Waals surface area contributed by atoms with Crippen molar-refractivity contribution in [2.75, 3.05) is 0 Å². The van der Waals surface area contributed by atoms with Crippen molar-refractivity contribution in [1.29, 1.82) is 0 Å². The fraction of sp³-hybridized carbons (Fsp3) is 0.714. The average molecular weight is 142 g/mol. The largest absolute Gasteiger partial charge is 0.450 e. The second-order valence-corrected chi connectivity index (χ2v) is 2.81. The number of carbonyl (C=O) groups is 2. The fourth-order valence-corrected chi connectivity index (χ4v) is 0.929. The van der Waals surface area contributed by atoms with Gasteiger partial charge in [0, 0.05) is 0 Å². The summed E-state index contributed by atoms with van der Waals surface area (Å²) in [7, 11) is 0. The highest BCUT2D eigenvalue weighted by Gasteiger charge is 2.53. The van der Waals surface area contributed by atoms with Gasteiger partial charge in [0.15, 0.2) is 11.4 Å². The molecule has 0 N–H and O–H groups in total. The Hall–Kier alpha value is -0.860. The normalized spacial score (nSPS) is 38.3. The summed E-state index contributed by atoms with van der Waals surface area (Å²) in [6.45, 7) is 4.78. The van der Waals surface area contributed by atoms with E-state index in [1.807, 2.05) is 0 Å². The lowest BCUT2D eigenvalue weighted by molar-refractivity contribution is -0.206. The highest BCUT2D eigenvalue weighted by molar-refractivity contribution is 5.97. The zero-order chi connectivity index (χ0) is 7.94. The van der Waals surface area contributed by atoms with Gasteiger partial charge in [-0.15, -0.1) is 0 Å². The quantitative estimate of drug-likeness (QED) is 0.501. The fourth-order valence-electron chi connectivity index (χ4n) is 0.929. The third-order valence-electron chi connectivity index (χ3n) is 2.19. The van der Waals surface area contributed by atoms with Crippen molar-refractivity contribution in [3.8, 4) is 0 Å². The van der Waals surface area contributed by atoms with Gasteiger partial charge in [0.05, 0.1) is 0 Å². The summed E-state index contributed by atoms with van der Waals surface area (Å²) in [6, 6.07) is 0. The third kappa shape index (κ3) is 0.664. The number of ether oxygens (including phenoxy) is 1. The molecule has 2 unspecified atom stereocenters. The molecule has 1 fully saturated rings. The van der Waals surface area contributed by atoms with Crippen LogP contribution in [0.4, 0.5) is 0 Å². The summed E-state index contributed by atoms with van der Waals surface area (Å²) in [5.41, 5.74) is -0.836. The van der Waals surface area contributed by atoms with Crippen LogP contribution >= 0.6 is 0 Å². The lowest BCUT2D eigenvalue weighted by Crippen LogP contribution is -2.58. The highest BCUT2D eigenvalue weighted by atomic mass is 16.6. The van der Waals surface area contributed by atoms with E-state index in [0.717, 1.165) is 0 Å². The van der Waals surface area contributed by atoms with E-state index in [-0.39, 0.29) is 17.7 Å². The minimum absolute atomic E-state index is 0.0837. The highest BCUT2D eigenvalue weighted by Crippen LogP contribution is 2.34. The monoisotopic (exact) mass is 142 g/mol. The van der Waals surface area contributed by atoms with Crippen LogP contribution < -0.4 is 0 Å². The lowest BCUT2D eigenvalue weighted by atomic mass is 9.82. The van der Waals surface area contributed by atoms with Gasteiger partial charge in [0.25, 0.3) is 0 Å². The number of hydrogen-bond acceptors (Lipinski definition) is 3. The number of Topliss-reactive ketones (excluding diaryl/α,β-unsaturated/α-hetero) is 1. The van der Waals surface area contributed by atoms with Gasteiger partial charge in [0.2, 0.25) is 0 Å². The van der Waals surface area contributed by atoms with Crippen LogP contribution in [-0.4, -0.2) is 17.4 Å². The Morgan fingerprint density at radius 1 is 1.70 bits per heavy atom. The Labute approximate surface area is 59.4 Å².